The molecule has 0 amide bonds. The van der Waals surface area contributed by atoms with E-state index in [1.807, 2.05) is 6.20 Å². The maximum absolute atomic E-state index is 5.24. The van der Waals surface area contributed by atoms with Crippen LogP contribution in [0, 0.1) is 0 Å². The molecule has 5 heteroatoms. The van der Waals surface area contributed by atoms with Gasteiger partial charge in [0.05, 0.1) is 51.4 Å². The van der Waals surface area contributed by atoms with Gasteiger partial charge >= 0.3 is 0 Å². The summed E-state index contributed by atoms with van der Waals surface area (Å²) < 4.78 is 0. The molecule has 12 rings (SSSR count). The lowest BCUT2D eigenvalue weighted by atomic mass is 9.89. The van der Waals surface area contributed by atoms with Crippen molar-refractivity contribution in [3.05, 3.63) is 204 Å². The third-order valence-corrected chi connectivity index (χ3v) is 12.1. The summed E-state index contributed by atoms with van der Waals surface area (Å²) in [5.41, 5.74) is 16.5. The Kier molecular flexibility index (Phi) is 7.60. The van der Waals surface area contributed by atoms with Crippen molar-refractivity contribution < 1.29 is 0 Å². The molecular weight excluding hydrogens is 719 g/mol. The average molecular weight is 756 g/mol. The second-order valence-corrected chi connectivity index (χ2v) is 15.6. The monoisotopic (exact) mass is 755 g/mol. The molecule has 0 aliphatic carbocycles. The number of aromatic amines is 1. The van der Waals surface area contributed by atoms with Gasteiger partial charge in [-0.25, -0.2) is 9.97 Å². The van der Waals surface area contributed by atoms with Crippen molar-refractivity contribution in [1.82, 2.24) is 15.0 Å². The van der Waals surface area contributed by atoms with E-state index < -0.39 is 0 Å². The second-order valence-electron chi connectivity index (χ2n) is 15.6. The number of fused-ring (bicyclic) bond motifs is 7. The molecule has 2 aliphatic heterocycles. The van der Waals surface area contributed by atoms with Gasteiger partial charge in [-0.3, -0.25) is 0 Å². The first-order valence-electron chi connectivity index (χ1n) is 20.2. The number of hydrogen-bond donors (Lipinski definition) is 3. The third-order valence-electron chi connectivity index (χ3n) is 12.1. The molecule has 278 valence electrons. The minimum absolute atomic E-state index is 0.00588. The zero-order chi connectivity index (χ0) is 38.9. The van der Waals surface area contributed by atoms with Crippen molar-refractivity contribution >= 4 is 67.0 Å². The Labute approximate surface area is 341 Å². The van der Waals surface area contributed by atoms with Crippen molar-refractivity contribution in [1.29, 1.82) is 0 Å². The van der Waals surface area contributed by atoms with Crippen molar-refractivity contribution in [2.75, 3.05) is 10.6 Å². The number of rotatable bonds is 5. The molecule has 2 unspecified atom stereocenters. The molecular formula is C54H37N5. The number of anilines is 2. The largest absolute Gasteiger partial charge is 0.373 e. The smallest absolute Gasteiger partial charge is 0.0730 e. The van der Waals surface area contributed by atoms with Gasteiger partial charge in [-0.1, -0.05) is 158 Å². The lowest BCUT2D eigenvalue weighted by Crippen LogP contribution is -2.18. The van der Waals surface area contributed by atoms with Crippen LogP contribution in [0.25, 0.3) is 89.3 Å². The fraction of sp³-hybridized carbons (Fsp3) is 0.0370. The molecule has 5 nitrogen and oxygen atoms in total. The first-order chi connectivity index (χ1) is 29.2. The van der Waals surface area contributed by atoms with Crippen LogP contribution in [-0.4, -0.2) is 15.0 Å². The number of H-pyrrole nitrogens is 1. The molecule has 0 saturated heterocycles. The van der Waals surface area contributed by atoms with E-state index in [1.165, 1.54) is 44.0 Å². The second kappa shape index (κ2) is 13.4. The molecule has 0 fully saturated rings. The van der Waals surface area contributed by atoms with Crippen LogP contribution in [0.3, 0.4) is 0 Å². The van der Waals surface area contributed by atoms with Crippen LogP contribution in [0.2, 0.25) is 0 Å². The van der Waals surface area contributed by atoms with Crippen LogP contribution in [0.4, 0.5) is 11.4 Å². The van der Waals surface area contributed by atoms with Crippen LogP contribution >= 0.6 is 0 Å². The van der Waals surface area contributed by atoms with Crippen LogP contribution < -0.4 is 10.6 Å². The molecule has 10 aromatic rings. The lowest BCUT2D eigenvalue weighted by molar-refractivity contribution is 0.960. The molecule has 0 radical (unpaired) electrons. The van der Waals surface area contributed by atoms with Crippen molar-refractivity contribution in [3.63, 3.8) is 0 Å². The minimum atomic E-state index is 0.00588. The molecule has 3 N–H and O–H groups in total. The minimum Gasteiger partial charge on any atom is -0.373 e. The standard InChI is InChI=1S/C54H37N5/c1-2-7-33(8-3-1)46-26-21-37-15-16-38-22-28-48(59-54(38)53(37)58-46)44-24-23-41(42-10-4-5-11-43(42)44)39-17-13-34-19-25-47(56-50(34)31-39)40-18-14-35-20-27-49(57-51(35)32-40)45-12-6-9-36-29-30-55-52(36)45/h1-32,46,48,55,58-59H. The van der Waals surface area contributed by atoms with E-state index in [0.29, 0.717) is 0 Å². The maximum atomic E-state index is 5.24. The molecule has 5 heterocycles. The summed E-state index contributed by atoms with van der Waals surface area (Å²) in [5, 5.41) is 13.6. The summed E-state index contributed by atoms with van der Waals surface area (Å²) in [6.07, 6.45) is 11.0. The summed E-state index contributed by atoms with van der Waals surface area (Å²) >= 11 is 0. The molecule has 0 saturated carbocycles. The predicted octanol–water partition coefficient (Wildman–Crippen LogP) is 13.8. The van der Waals surface area contributed by atoms with Gasteiger partial charge in [0.25, 0.3) is 0 Å². The van der Waals surface area contributed by atoms with Gasteiger partial charge in [0.15, 0.2) is 0 Å². The number of para-hydroxylation sites is 1. The summed E-state index contributed by atoms with van der Waals surface area (Å²) in [4.78, 5) is 13.8. The predicted molar refractivity (Wildman–Crippen MR) is 246 cm³/mol. The maximum Gasteiger partial charge on any atom is 0.0730 e. The fourth-order valence-electron chi connectivity index (χ4n) is 9.08. The quantitative estimate of drug-likeness (QED) is 0.164. The third kappa shape index (κ3) is 5.70. The first-order valence-corrected chi connectivity index (χ1v) is 20.2. The molecule has 59 heavy (non-hydrogen) atoms. The van der Waals surface area contributed by atoms with Gasteiger partial charge in [0, 0.05) is 33.5 Å². The van der Waals surface area contributed by atoms with E-state index in [9.17, 15) is 0 Å². The lowest BCUT2D eigenvalue weighted by Gasteiger charge is -2.31. The van der Waals surface area contributed by atoms with Gasteiger partial charge in [0.1, 0.15) is 0 Å². The van der Waals surface area contributed by atoms with Gasteiger partial charge in [0.2, 0.25) is 0 Å². The highest BCUT2D eigenvalue weighted by Crippen LogP contribution is 2.44. The normalized spacial score (nSPS) is 15.6. The first kappa shape index (κ1) is 33.4. The van der Waals surface area contributed by atoms with Crippen LogP contribution in [-0.2, 0) is 0 Å². The van der Waals surface area contributed by atoms with Crippen LogP contribution in [0.15, 0.2) is 182 Å². The Balaban J connectivity index is 0.877. The topological polar surface area (TPSA) is 65.6 Å². The van der Waals surface area contributed by atoms with E-state index in [1.54, 1.807) is 0 Å². The molecule has 2 aliphatic rings. The SMILES string of the molecule is C1=CC(c2ccccc2)Nc2c1ccc1c2NC(c2ccc(-c3ccc4ccc(-c5ccc6ccc(-c7cccc8cc[nH]c78)nc6c5)nc4c3)c3ccccc23)C=C1. The van der Waals surface area contributed by atoms with Crippen molar-refractivity contribution in [3.8, 4) is 33.6 Å². The number of pyridine rings is 2. The summed E-state index contributed by atoms with van der Waals surface area (Å²) in [6, 6.07) is 58.6. The Hall–Kier alpha value is -7.76. The summed E-state index contributed by atoms with van der Waals surface area (Å²) in [5.74, 6) is 0. The van der Waals surface area contributed by atoms with E-state index in [2.05, 4.69) is 204 Å². The zero-order valence-electron chi connectivity index (χ0n) is 32.0. The van der Waals surface area contributed by atoms with Crippen LogP contribution in [0.5, 0.6) is 0 Å². The average Bonchev–Trinajstić information content (AvgIpc) is 3.80. The summed E-state index contributed by atoms with van der Waals surface area (Å²) in [6.45, 7) is 0. The molecule has 2 atom stereocenters. The number of hydrogen-bond acceptors (Lipinski definition) is 4. The van der Waals surface area contributed by atoms with Gasteiger partial charge in [-0.05, 0) is 74.5 Å². The number of nitrogens with zero attached hydrogens (tertiary/aromatic N) is 2. The number of nitrogens with one attached hydrogen (secondary N) is 3. The number of benzene rings is 7. The highest BCUT2D eigenvalue weighted by molar-refractivity contribution is 6.02. The Morgan fingerprint density at radius 3 is 1.92 bits per heavy atom. The van der Waals surface area contributed by atoms with Gasteiger partial charge in [-0.2, -0.15) is 0 Å². The Morgan fingerprint density at radius 2 is 1.10 bits per heavy atom. The van der Waals surface area contributed by atoms with E-state index in [-0.39, 0.29) is 12.1 Å². The van der Waals surface area contributed by atoms with Crippen molar-refractivity contribution in [2.45, 2.75) is 12.1 Å². The van der Waals surface area contributed by atoms with Gasteiger partial charge in [-0.15, -0.1) is 0 Å². The highest BCUT2D eigenvalue weighted by Gasteiger charge is 2.24. The molecule has 3 aromatic heterocycles. The Bertz CT molecular complexity index is 3360. The molecule has 7 aromatic carbocycles. The number of aromatic nitrogens is 3. The van der Waals surface area contributed by atoms with E-state index in [4.69, 9.17) is 9.97 Å². The molecule has 0 bridgehead atoms. The summed E-state index contributed by atoms with van der Waals surface area (Å²) in [7, 11) is 0. The fourth-order valence-corrected chi connectivity index (χ4v) is 9.08. The Morgan fingerprint density at radius 1 is 0.441 bits per heavy atom. The van der Waals surface area contributed by atoms with E-state index >= 15 is 0 Å². The van der Waals surface area contributed by atoms with Crippen LogP contribution in [0.1, 0.15) is 34.3 Å². The highest BCUT2D eigenvalue weighted by atomic mass is 15.0. The van der Waals surface area contributed by atoms with E-state index in [0.717, 1.165) is 66.8 Å². The molecule has 0 spiro atoms. The zero-order valence-corrected chi connectivity index (χ0v) is 32.0. The van der Waals surface area contributed by atoms with Crippen molar-refractivity contribution in [2.24, 2.45) is 0 Å². The van der Waals surface area contributed by atoms with Gasteiger partial charge < -0.3 is 15.6 Å².